The Bertz CT molecular complexity index is 3800. The van der Waals surface area contributed by atoms with Crippen molar-refractivity contribution < 1.29 is 0 Å². The van der Waals surface area contributed by atoms with Crippen LogP contribution in [-0.4, -0.2) is 4.57 Å². The first-order chi connectivity index (χ1) is 31.5. The maximum atomic E-state index is 2.52. The van der Waals surface area contributed by atoms with Crippen LogP contribution < -0.4 is 4.90 Å². The fourth-order valence-electron chi connectivity index (χ4n) is 10.7. The van der Waals surface area contributed by atoms with Crippen molar-refractivity contribution in [1.82, 2.24) is 4.57 Å². The van der Waals surface area contributed by atoms with Gasteiger partial charge in [-0.15, -0.1) is 11.3 Å². The monoisotopic (exact) mass is 834 g/mol. The Balaban J connectivity index is 1.12. The Morgan fingerprint density at radius 2 is 1.08 bits per heavy atom. The van der Waals surface area contributed by atoms with Crippen molar-refractivity contribution in [2.24, 2.45) is 0 Å². The van der Waals surface area contributed by atoms with Crippen LogP contribution in [-0.2, 0) is 5.41 Å². The predicted molar refractivity (Wildman–Crippen MR) is 274 cm³/mol. The molecule has 0 atom stereocenters. The first-order valence-electron chi connectivity index (χ1n) is 22.2. The van der Waals surface area contributed by atoms with Gasteiger partial charge in [0.2, 0.25) is 0 Å². The Kier molecular flexibility index (Phi) is 8.16. The number of hydrogen-bond acceptors (Lipinski definition) is 2. The van der Waals surface area contributed by atoms with Crippen LogP contribution in [0.4, 0.5) is 17.1 Å². The highest BCUT2D eigenvalue weighted by Gasteiger charge is 2.36. The summed E-state index contributed by atoms with van der Waals surface area (Å²) in [7, 11) is 0. The molecule has 1 aliphatic carbocycles. The molecule has 0 bridgehead atoms. The molecule has 0 radical (unpaired) electrons. The number of fused-ring (bicyclic) bond motifs is 11. The summed E-state index contributed by atoms with van der Waals surface area (Å²) in [5.74, 6) is 0. The van der Waals surface area contributed by atoms with Crippen molar-refractivity contribution in [2.75, 3.05) is 4.90 Å². The Morgan fingerprint density at radius 1 is 0.438 bits per heavy atom. The van der Waals surface area contributed by atoms with Crippen molar-refractivity contribution >= 4 is 81.1 Å². The van der Waals surface area contributed by atoms with E-state index in [0.717, 1.165) is 22.7 Å². The maximum Gasteiger partial charge on any atom is 0.0640 e. The normalized spacial score (nSPS) is 13.0. The average Bonchev–Trinajstić information content (AvgIpc) is 3.98. The van der Waals surface area contributed by atoms with Crippen LogP contribution in [0.1, 0.15) is 25.0 Å². The van der Waals surface area contributed by atoms with E-state index in [1.807, 2.05) is 11.3 Å². The molecular formula is C61H42N2S. The Labute approximate surface area is 376 Å². The number of anilines is 3. The highest BCUT2D eigenvalue weighted by Crippen LogP contribution is 2.53. The van der Waals surface area contributed by atoms with Crippen molar-refractivity contribution in [2.45, 2.75) is 19.3 Å². The molecule has 0 unspecified atom stereocenters. The number of aromatic nitrogens is 1. The molecule has 64 heavy (non-hydrogen) atoms. The number of rotatable bonds is 6. The lowest BCUT2D eigenvalue weighted by atomic mass is 9.82. The first-order valence-corrected chi connectivity index (χ1v) is 23.0. The highest BCUT2D eigenvalue weighted by molar-refractivity contribution is 7.26. The van der Waals surface area contributed by atoms with Gasteiger partial charge in [-0.3, -0.25) is 0 Å². The van der Waals surface area contributed by atoms with Gasteiger partial charge in [-0.25, -0.2) is 0 Å². The van der Waals surface area contributed by atoms with Gasteiger partial charge in [-0.05, 0) is 104 Å². The smallest absolute Gasteiger partial charge is 0.0640 e. The molecule has 302 valence electrons. The second-order valence-corrected chi connectivity index (χ2v) is 18.7. The molecule has 0 spiro atoms. The molecule has 0 N–H and O–H groups in total. The van der Waals surface area contributed by atoms with Crippen molar-refractivity contribution in [3.63, 3.8) is 0 Å². The molecular weight excluding hydrogens is 793 g/mol. The van der Waals surface area contributed by atoms with Gasteiger partial charge in [0, 0.05) is 58.8 Å². The van der Waals surface area contributed by atoms with Gasteiger partial charge in [0.05, 0.1) is 16.7 Å². The van der Waals surface area contributed by atoms with E-state index >= 15 is 0 Å². The van der Waals surface area contributed by atoms with E-state index in [-0.39, 0.29) is 5.41 Å². The zero-order valence-corrected chi connectivity index (χ0v) is 36.4. The molecule has 0 fully saturated rings. The first kappa shape index (κ1) is 36.9. The van der Waals surface area contributed by atoms with Gasteiger partial charge in [-0.1, -0.05) is 178 Å². The summed E-state index contributed by atoms with van der Waals surface area (Å²) >= 11 is 1.89. The second-order valence-electron chi connectivity index (χ2n) is 17.7. The van der Waals surface area contributed by atoms with Crippen LogP contribution in [0.15, 0.2) is 218 Å². The van der Waals surface area contributed by atoms with E-state index in [4.69, 9.17) is 0 Å². The summed E-state index contributed by atoms with van der Waals surface area (Å²) in [6, 6.07) is 81.0. The molecule has 0 aliphatic heterocycles. The Morgan fingerprint density at radius 3 is 1.92 bits per heavy atom. The summed E-state index contributed by atoms with van der Waals surface area (Å²) < 4.78 is 5.16. The molecule has 12 aromatic rings. The average molecular weight is 835 g/mol. The van der Waals surface area contributed by atoms with Gasteiger partial charge in [-0.2, -0.15) is 0 Å². The van der Waals surface area contributed by atoms with Crippen molar-refractivity contribution in [1.29, 1.82) is 0 Å². The van der Waals surface area contributed by atoms with E-state index in [1.165, 1.54) is 97.3 Å². The number of benzene rings is 10. The Hall–Kier alpha value is -7.72. The minimum Gasteiger partial charge on any atom is -0.310 e. The van der Waals surface area contributed by atoms with E-state index < -0.39 is 0 Å². The fraction of sp³-hybridized carbons (Fsp3) is 0.0492. The minimum absolute atomic E-state index is 0.152. The summed E-state index contributed by atoms with van der Waals surface area (Å²) in [6.07, 6.45) is 0. The maximum absolute atomic E-state index is 2.52. The molecule has 10 aromatic carbocycles. The summed E-state index contributed by atoms with van der Waals surface area (Å²) in [4.78, 5) is 2.52. The van der Waals surface area contributed by atoms with Crippen LogP contribution in [0.5, 0.6) is 0 Å². The molecule has 0 saturated heterocycles. The van der Waals surface area contributed by atoms with Crippen molar-refractivity contribution in [3.8, 4) is 39.1 Å². The second kappa shape index (κ2) is 14.2. The van der Waals surface area contributed by atoms with Gasteiger partial charge < -0.3 is 9.47 Å². The molecule has 13 rings (SSSR count). The lowest BCUT2D eigenvalue weighted by Gasteiger charge is -2.29. The van der Waals surface area contributed by atoms with E-state index in [2.05, 4.69) is 242 Å². The number of nitrogens with zero attached hydrogens (tertiary/aromatic N) is 2. The third-order valence-corrected chi connectivity index (χ3v) is 15.0. The lowest BCUT2D eigenvalue weighted by Crippen LogP contribution is -2.16. The lowest BCUT2D eigenvalue weighted by molar-refractivity contribution is 0.660. The molecule has 2 aromatic heterocycles. The standard InChI is InChI=1S/C61H42N2S/c1-61(2)53-26-13-11-22-48(53)49-35-33-45(38-54(49)61)62(44-31-28-40(29-32-44)39-16-5-3-6-17-39)56-37-41-18-9-10-21-46(41)59-58(56)52-34-30-42(36-55(52)63(59)43-19-7-4-8-20-43)47-24-15-25-51-50-23-12-14-27-57(50)64-60(47)51/h3-38H,1-2H3. The van der Waals surface area contributed by atoms with Crippen LogP contribution in [0.25, 0.3) is 91.8 Å². The molecule has 0 amide bonds. The van der Waals surface area contributed by atoms with Crippen LogP contribution in [0.2, 0.25) is 0 Å². The zero-order valence-electron chi connectivity index (χ0n) is 35.6. The predicted octanol–water partition coefficient (Wildman–Crippen LogP) is 17.4. The SMILES string of the molecule is CC1(C)c2ccccc2-c2ccc(N(c3ccc(-c4ccccc4)cc3)c3cc4ccccc4c4c3c3ccc(-c5cccc6c5sc5ccccc56)cc3n4-c3ccccc3)cc21. The van der Waals surface area contributed by atoms with Crippen LogP contribution >= 0.6 is 11.3 Å². The van der Waals surface area contributed by atoms with Gasteiger partial charge in [0.1, 0.15) is 0 Å². The van der Waals surface area contributed by atoms with Crippen LogP contribution in [0, 0.1) is 0 Å². The molecule has 0 saturated carbocycles. The van der Waals surface area contributed by atoms with E-state index in [0.29, 0.717) is 0 Å². The molecule has 1 aliphatic rings. The number of thiophene rings is 1. The van der Waals surface area contributed by atoms with E-state index in [9.17, 15) is 0 Å². The minimum atomic E-state index is -0.152. The topological polar surface area (TPSA) is 8.17 Å². The van der Waals surface area contributed by atoms with E-state index in [1.54, 1.807) is 0 Å². The summed E-state index contributed by atoms with van der Waals surface area (Å²) in [6.45, 7) is 4.75. The van der Waals surface area contributed by atoms with Crippen LogP contribution in [0.3, 0.4) is 0 Å². The molecule has 2 nitrogen and oxygen atoms in total. The number of hydrogen-bond donors (Lipinski definition) is 0. The number of para-hydroxylation sites is 1. The third kappa shape index (κ3) is 5.51. The quantitative estimate of drug-likeness (QED) is 0.162. The molecule has 2 heterocycles. The zero-order chi connectivity index (χ0) is 42.5. The summed E-state index contributed by atoms with van der Waals surface area (Å²) in [5.41, 5.74) is 17.0. The molecule has 3 heteroatoms. The highest BCUT2D eigenvalue weighted by atomic mass is 32.1. The third-order valence-electron chi connectivity index (χ3n) is 13.8. The van der Waals surface area contributed by atoms with Crippen molar-refractivity contribution in [3.05, 3.63) is 230 Å². The summed E-state index contributed by atoms with van der Waals surface area (Å²) in [5, 5.41) is 7.48. The fourth-order valence-corrected chi connectivity index (χ4v) is 12.0. The van der Waals surface area contributed by atoms with Gasteiger partial charge in [0.25, 0.3) is 0 Å². The largest absolute Gasteiger partial charge is 0.310 e. The van der Waals surface area contributed by atoms with Gasteiger partial charge >= 0.3 is 0 Å². The van der Waals surface area contributed by atoms with Gasteiger partial charge in [0.15, 0.2) is 0 Å².